The van der Waals surface area contributed by atoms with Crippen LogP contribution in [0.2, 0.25) is 0 Å². The van der Waals surface area contributed by atoms with Crippen molar-refractivity contribution in [2.24, 2.45) is 0 Å². The van der Waals surface area contributed by atoms with Gasteiger partial charge in [0, 0.05) is 24.5 Å². The summed E-state index contributed by atoms with van der Waals surface area (Å²) in [6.07, 6.45) is -1.80. The number of nitrogens with zero attached hydrogens (tertiary/aromatic N) is 3. The van der Waals surface area contributed by atoms with Gasteiger partial charge in [0.1, 0.15) is 18.2 Å². The minimum Gasteiger partial charge on any atom is -0.349 e. The number of carbonyl (C=O) groups excluding carboxylic acids is 1. The molecule has 0 radical (unpaired) electrons. The lowest BCUT2D eigenvalue weighted by molar-refractivity contribution is -0.158. The van der Waals surface area contributed by atoms with Crippen LogP contribution in [-0.2, 0) is 11.3 Å². The quantitative estimate of drug-likeness (QED) is 0.543. The molecule has 1 rings (SSSR count). The van der Waals surface area contributed by atoms with Gasteiger partial charge in [-0.25, -0.2) is 0 Å². The number of amides is 1. The summed E-state index contributed by atoms with van der Waals surface area (Å²) in [6.45, 7) is 6.91. The Kier molecular flexibility index (Phi) is 7.28. The smallest absolute Gasteiger partial charge is 0.349 e. The molecule has 138 valence electrons. The third-order valence-corrected chi connectivity index (χ3v) is 3.86. The summed E-state index contributed by atoms with van der Waals surface area (Å²) >= 11 is 0. The molecule has 1 aromatic heterocycles. The molecule has 0 spiro atoms. The van der Waals surface area contributed by atoms with Gasteiger partial charge in [-0.2, -0.15) is 18.4 Å². The first kappa shape index (κ1) is 20.8. The Hall–Kier alpha value is -2.23. The highest BCUT2D eigenvalue weighted by molar-refractivity contribution is 6.01. The SMILES string of the molecule is CCCN(CC(F)(F)F)C(=O)/C(C#N)=C\c1cc(C)n(CCC)c1C. The molecule has 4 nitrogen and oxygen atoms in total. The van der Waals surface area contributed by atoms with Crippen molar-refractivity contribution in [1.82, 2.24) is 9.47 Å². The molecule has 0 aliphatic heterocycles. The Labute approximate surface area is 146 Å². The number of halogens is 3. The monoisotopic (exact) mass is 355 g/mol. The first-order valence-corrected chi connectivity index (χ1v) is 8.29. The lowest BCUT2D eigenvalue weighted by Crippen LogP contribution is -2.40. The van der Waals surface area contributed by atoms with Crippen LogP contribution < -0.4 is 0 Å². The summed E-state index contributed by atoms with van der Waals surface area (Å²) in [5.74, 6) is -0.887. The number of aryl methyl sites for hydroxylation is 1. The number of rotatable bonds is 7. The molecule has 0 atom stereocenters. The van der Waals surface area contributed by atoms with Crippen LogP contribution in [0.25, 0.3) is 6.08 Å². The van der Waals surface area contributed by atoms with Crippen LogP contribution >= 0.6 is 0 Å². The number of hydrogen-bond donors (Lipinski definition) is 0. The first-order valence-electron chi connectivity index (χ1n) is 8.29. The minimum absolute atomic E-state index is 0.0494. The fourth-order valence-electron chi connectivity index (χ4n) is 2.75. The van der Waals surface area contributed by atoms with Crippen molar-refractivity contribution in [2.75, 3.05) is 13.1 Å². The Morgan fingerprint density at radius 1 is 1.32 bits per heavy atom. The summed E-state index contributed by atoms with van der Waals surface area (Å²) in [7, 11) is 0. The van der Waals surface area contributed by atoms with Crippen LogP contribution in [0.3, 0.4) is 0 Å². The molecule has 1 amide bonds. The second-order valence-corrected chi connectivity index (χ2v) is 5.99. The van der Waals surface area contributed by atoms with E-state index in [9.17, 15) is 23.2 Å². The van der Waals surface area contributed by atoms with Crippen molar-refractivity contribution in [2.45, 2.75) is 53.3 Å². The normalized spacial score (nSPS) is 12.2. The lowest BCUT2D eigenvalue weighted by Gasteiger charge is -2.23. The second-order valence-electron chi connectivity index (χ2n) is 5.99. The van der Waals surface area contributed by atoms with E-state index in [4.69, 9.17) is 0 Å². The van der Waals surface area contributed by atoms with Gasteiger partial charge in [0.2, 0.25) is 0 Å². The molecule has 0 saturated carbocycles. The molecule has 0 fully saturated rings. The van der Waals surface area contributed by atoms with Gasteiger partial charge in [-0.3, -0.25) is 4.79 Å². The topological polar surface area (TPSA) is 49.0 Å². The van der Waals surface area contributed by atoms with E-state index in [1.807, 2.05) is 26.8 Å². The number of hydrogen-bond acceptors (Lipinski definition) is 2. The van der Waals surface area contributed by atoms with E-state index in [-0.39, 0.29) is 12.1 Å². The van der Waals surface area contributed by atoms with Gasteiger partial charge in [0.15, 0.2) is 0 Å². The van der Waals surface area contributed by atoms with E-state index in [2.05, 4.69) is 4.57 Å². The fourth-order valence-corrected chi connectivity index (χ4v) is 2.75. The van der Waals surface area contributed by atoms with Gasteiger partial charge >= 0.3 is 6.18 Å². The molecule has 1 heterocycles. The summed E-state index contributed by atoms with van der Waals surface area (Å²) < 4.78 is 40.1. The summed E-state index contributed by atoms with van der Waals surface area (Å²) in [5.41, 5.74) is 2.27. The van der Waals surface area contributed by atoms with Crippen LogP contribution in [0.1, 0.15) is 43.6 Å². The van der Waals surface area contributed by atoms with E-state index in [1.165, 1.54) is 6.08 Å². The molecule has 0 N–H and O–H groups in total. The summed E-state index contributed by atoms with van der Waals surface area (Å²) in [5, 5.41) is 9.29. The highest BCUT2D eigenvalue weighted by atomic mass is 19.4. The summed E-state index contributed by atoms with van der Waals surface area (Å²) in [6, 6.07) is 3.59. The number of carbonyl (C=O) groups is 1. The van der Waals surface area contributed by atoms with Crippen molar-refractivity contribution in [3.63, 3.8) is 0 Å². The average molecular weight is 355 g/mol. The average Bonchev–Trinajstić information content (AvgIpc) is 2.78. The Morgan fingerprint density at radius 2 is 1.96 bits per heavy atom. The van der Waals surface area contributed by atoms with Gasteiger partial charge in [-0.05, 0) is 44.4 Å². The molecule has 0 aliphatic carbocycles. The Bertz CT molecular complexity index is 681. The molecule has 25 heavy (non-hydrogen) atoms. The zero-order chi connectivity index (χ0) is 19.2. The number of nitriles is 1. The van der Waals surface area contributed by atoms with Gasteiger partial charge in [-0.15, -0.1) is 0 Å². The molecular weight excluding hydrogens is 331 g/mol. The molecule has 0 aromatic carbocycles. The van der Waals surface area contributed by atoms with Gasteiger partial charge in [-0.1, -0.05) is 13.8 Å². The van der Waals surface area contributed by atoms with E-state index in [0.29, 0.717) is 16.9 Å². The molecule has 1 aromatic rings. The van der Waals surface area contributed by atoms with E-state index >= 15 is 0 Å². The zero-order valence-electron chi connectivity index (χ0n) is 15.1. The van der Waals surface area contributed by atoms with Gasteiger partial charge in [0.25, 0.3) is 5.91 Å². The lowest BCUT2D eigenvalue weighted by atomic mass is 10.1. The van der Waals surface area contributed by atoms with E-state index in [0.717, 1.165) is 24.4 Å². The maximum atomic E-state index is 12.7. The van der Waals surface area contributed by atoms with E-state index in [1.54, 1.807) is 13.0 Å². The number of alkyl halides is 3. The Morgan fingerprint density at radius 3 is 2.44 bits per heavy atom. The van der Waals surface area contributed by atoms with Crippen LogP contribution in [0.4, 0.5) is 13.2 Å². The van der Waals surface area contributed by atoms with E-state index < -0.39 is 18.6 Å². The Balaban J connectivity index is 3.19. The molecule has 0 aliphatic rings. The molecule has 0 bridgehead atoms. The van der Waals surface area contributed by atoms with Gasteiger partial charge < -0.3 is 9.47 Å². The minimum atomic E-state index is -4.50. The predicted molar refractivity (Wildman–Crippen MR) is 90.7 cm³/mol. The molecule has 7 heteroatoms. The highest BCUT2D eigenvalue weighted by Crippen LogP contribution is 2.21. The maximum absolute atomic E-state index is 12.7. The second kappa shape index (κ2) is 8.75. The van der Waals surface area contributed by atoms with Crippen LogP contribution in [-0.4, -0.2) is 34.6 Å². The maximum Gasteiger partial charge on any atom is 0.406 e. The third kappa shape index (κ3) is 5.66. The fraction of sp³-hybridized carbons (Fsp3) is 0.556. The predicted octanol–water partition coefficient (Wildman–Crippen LogP) is 4.22. The summed E-state index contributed by atoms with van der Waals surface area (Å²) in [4.78, 5) is 13.1. The molecule has 0 unspecified atom stereocenters. The van der Waals surface area contributed by atoms with Crippen molar-refractivity contribution >= 4 is 12.0 Å². The molecular formula is C18H24F3N3O. The van der Waals surface area contributed by atoms with Crippen molar-refractivity contribution in [3.05, 3.63) is 28.6 Å². The first-order chi connectivity index (χ1) is 11.6. The van der Waals surface area contributed by atoms with Crippen LogP contribution in [0, 0.1) is 25.2 Å². The number of aromatic nitrogens is 1. The standard InChI is InChI=1S/C18H24F3N3O/c1-5-7-23(12-18(19,20)21)17(25)16(11-22)10-15-9-13(3)24(8-6-2)14(15)4/h9-10H,5-8,12H2,1-4H3/b16-10-. The van der Waals surface area contributed by atoms with Crippen molar-refractivity contribution in [1.29, 1.82) is 5.26 Å². The van der Waals surface area contributed by atoms with Crippen LogP contribution in [0.15, 0.2) is 11.6 Å². The van der Waals surface area contributed by atoms with Crippen molar-refractivity contribution in [3.8, 4) is 6.07 Å². The van der Waals surface area contributed by atoms with Crippen LogP contribution in [0.5, 0.6) is 0 Å². The molecule has 0 saturated heterocycles. The largest absolute Gasteiger partial charge is 0.406 e. The van der Waals surface area contributed by atoms with Crippen molar-refractivity contribution < 1.29 is 18.0 Å². The highest BCUT2D eigenvalue weighted by Gasteiger charge is 2.33. The van der Waals surface area contributed by atoms with Gasteiger partial charge in [0.05, 0.1) is 0 Å². The zero-order valence-corrected chi connectivity index (χ0v) is 15.1. The third-order valence-electron chi connectivity index (χ3n) is 3.86.